The van der Waals surface area contributed by atoms with Crippen LogP contribution in [0.5, 0.6) is 11.6 Å². The van der Waals surface area contributed by atoms with E-state index in [9.17, 15) is 9.59 Å². The van der Waals surface area contributed by atoms with Gasteiger partial charge in [0, 0.05) is 75.8 Å². The number of carbonyl (C=O) groups is 2. The maximum atomic E-state index is 13.9. The molecule has 2 aromatic carbocycles. The fraction of sp³-hybridized carbons (Fsp3) is 0.457. The van der Waals surface area contributed by atoms with Crippen LogP contribution in [0.4, 0.5) is 4.79 Å². The van der Waals surface area contributed by atoms with Crippen molar-refractivity contribution in [1.29, 1.82) is 0 Å². The molecule has 0 saturated carbocycles. The Bertz CT molecular complexity index is 1370. The summed E-state index contributed by atoms with van der Waals surface area (Å²) in [7, 11) is 0. The maximum Gasteiger partial charge on any atom is 0.321 e. The van der Waals surface area contributed by atoms with Gasteiger partial charge in [0.2, 0.25) is 5.88 Å². The molecule has 0 aliphatic carbocycles. The van der Waals surface area contributed by atoms with Crippen molar-refractivity contribution in [2.75, 3.05) is 39.4 Å². The Morgan fingerprint density at radius 3 is 2.39 bits per heavy atom. The van der Waals surface area contributed by atoms with E-state index in [1.54, 1.807) is 24.3 Å². The monoisotopic (exact) mass is 597 g/mol. The minimum absolute atomic E-state index is 0.0788. The third kappa shape index (κ3) is 7.05. The Morgan fingerprint density at radius 1 is 0.955 bits per heavy atom. The molecule has 3 saturated heterocycles. The van der Waals surface area contributed by atoms with Crippen molar-refractivity contribution in [3.05, 3.63) is 89.6 Å². The van der Waals surface area contributed by atoms with Crippen molar-refractivity contribution < 1.29 is 19.1 Å². The second kappa shape index (κ2) is 14.2. The normalized spacial score (nSPS) is 20.2. The van der Waals surface area contributed by atoms with Gasteiger partial charge in [-0.05, 0) is 67.5 Å². The van der Waals surface area contributed by atoms with E-state index >= 15 is 0 Å². The van der Waals surface area contributed by atoms with Crippen molar-refractivity contribution in [3.63, 3.8) is 0 Å². The van der Waals surface area contributed by atoms with Gasteiger partial charge in [0.1, 0.15) is 5.75 Å². The van der Waals surface area contributed by atoms with Gasteiger partial charge in [-0.3, -0.25) is 9.69 Å². The van der Waals surface area contributed by atoms with Crippen molar-refractivity contribution in [2.45, 2.75) is 63.7 Å². The Hall–Kier alpha value is -3.95. The van der Waals surface area contributed by atoms with E-state index in [-0.39, 0.29) is 30.1 Å². The van der Waals surface area contributed by atoms with Gasteiger partial charge in [-0.25, -0.2) is 9.78 Å². The van der Waals surface area contributed by atoms with E-state index in [0.29, 0.717) is 23.7 Å². The number of rotatable bonds is 10. The first-order valence-electron chi connectivity index (χ1n) is 16.0. The van der Waals surface area contributed by atoms with Crippen molar-refractivity contribution in [3.8, 4) is 11.6 Å². The molecule has 0 bridgehead atoms. The average molecular weight is 598 g/mol. The average Bonchev–Trinajstić information content (AvgIpc) is 3.43. The Balaban J connectivity index is 1.03. The van der Waals surface area contributed by atoms with Crippen LogP contribution >= 0.6 is 0 Å². The van der Waals surface area contributed by atoms with Gasteiger partial charge in [0.25, 0.3) is 5.91 Å². The third-order valence-electron chi connectivity index (χ3n) is 9.02. The van der Waals surface area contributed by atoms with Gasteiger partial charge in [-0.15, -0.1) is 0 Å². The van der Waals surface area contributed by atoms with Crippen LogP contribution in [0.3, 0.4) is 0 Å². The Morgan fingerprint density at radius 2 is 1.70 bits per heavy atom. The van der Waals surface area contributed by atoms with E-state index in [1.807, 2.05) is 25.3 Å². The predicted octanol–water partition coefficient (Wildman–Crippen LogP) is 5.64. The number of nitrogens with zero attached hydrogens (tertiary/aromatic N) is 4. The molecule has 3 amide bonds. The zero-order chi connectivity index (χ0) is 30.3. The summed E-state index contributed by atoms with van der Waals surface area (Å²) < 4.78 is 11.5. The van der Waals surface area contributed by atoms with E-state index in [0.717, 1.165) is 77.1 Å². The van der Waals surface area contributed by atoms with E-state index in [2.05, 4.69) is 55.3 Å². The lowest BCUT2D eigenvalue weighted by Gasteiger charge is -2.39. The molecule has 0 unspecified atom stereocenters. The molecule has 1 aromatic heterocycles. The largest absolute Gasteiger partial charge is 0.439 e. The molecule has 1 N–H and O–H groups in total. The number of pyridine rings is 1. The third-order valence-corrected chi connectivity index (χ3v) is 9.02. The molecule has 6 rings (SSSR count). The van der Waals surface area contributed by atoms with Gasteiger partial charge in [-0.1, -0.05) is 43.3 Å². The first kappa shape index (κ1) is 30.1. The summed E-state index contributed by atoms with van der Waals surface area (Å²) in [5.74, 6) is 1.08. The molecule has 44 heavy (non-hydrogen) atoms. The van der Waals surface area contributed by atoms with Crippen LogP contribution in [0.25, 0.3) is 0 Å². The van der Waals surface area contributed by atoms with Crippen LogP contribution in [0, 0.1) is 0 Å². The molecule has 1 atom stereocenters. The molecule has 0 spiro atoms. The number of amides is 3. The fourth-order valence-electron chi connectivity index (χ4n) is 6.60. The number of hydrogen-bond donors (Lipinski definition) is 1. The minimum Gasteiger partial charge on any atom is -0.439 e. The lowest BCUT2D eigenvalue weighted by atomic mass is 9.99. The van der Waals surface area contributed by atoms with Gasteiger partial charge >= 0.3 is 6.03 Å². The number of aromatic nitrogens is 1. The van der Waals surface area contributed by atoms with Crippen molar-refractivity contribution in [2.24, 2.45) is 0 Å². The van der Waals surface area contributed by atoms with Crippen LogP contribution in [0.1, 0.15) is 66.6 Å². The van der Waals surface area contributed by atoms with Crippen LogP contribution in [-0.2, 0) is 11.3 Å². The van der Waals surface area contributed by atoms with Crippen LogP contribution < -0.4 is 10.1 Å². The summed E-state index contributed by atoms with van der Waals surface area (Å²) in [5, 5.41) is 2.88. The SMILES string of the molecule is CCCNC(=O)c1ccc(Oc2ccc(CN3CCC(N4C(=O)N(C5CCOCC5)C[C@H]4c4ccccc4)CC3)cn2)cc1. The van der Waals surface area contributed by atoms with E-state index < -0.39 is 0 Å². The van der Waals surface area contributed by atoms with Crippen LogP contribution in [0.15, 0.2) is 72.9 Å². The zero-order valence-electron chi connectivity index (χ0n) is 25.6. The van der Waals surface area contributed by atoms with E-state index in [4.69, 9.17) is 9.47 Å². The molecule has 0 radical (unpaired) electrons. The summed E-state index contributed by atoms with van der Waals surface area (Å²) in [6.07, 6.45) is 6.52. The van der Waals surface area contributed by atoms with Gasteiger partial charge < -0.3 is 24.6 Å². The second-order valence-corrected chi connectivity index (χ2v) is 12.0. The molecule has 3 aliphatic rings. The first-order valence-corrected chi connectivity index (χ1v) is 16.0. The molecule has 9 nitrogen and oxygen atoms in total. The number of likely N-dealkylation sites (tertiary alicyclic amines) is 1. The molecular formula is C35H43N5O4. The fourth-order valence-corrected chi connectivity index (χ4v) is 6.60. The Labute approximate surface area is 260 Å². The topological polar surface area (TPSA) is 87.2 Å². The number of hydrogen-bond acceptors (Lipinski definition) is 6. The molecular weight excluding hydrogens is 554 g/mol. The summed E-state index contributed by atoms with van der Waals surface area (Å²) in [6, 6.07) is 22.4. The zero-order valence-corrected chi connectivity index (χ0v) is 25.6. The molecule has 3 aromatic rings. The number of piperidine rings is 1. The summed E-state index contributed by atoms with van der Waals surface area (Å²) >= 11 is 0. The highest BCUT2D eigenvalue weighted by atomic mass is 16.5. The second-order valence-electron chi connectivity index (χ2n) is 12.0. The molecule has 9 heteroatoms. The molecule has 3 aliphatic heterocycles. The highest BCUT2D eigenvalue weighted by molar-refractivity contribution is 5.94. The summed E-state index contributed by atoms with van der Waals surface area (Å²) in [4.78, 5) is 37.3. The number of nitrogens with one attached hydrogen (secondary N) is 1. The molecule has 232 valence electrons. The summed E-state index contributed by atoms with van der Waals surface area (Å²) in [5.41, 5.74) is 2.96. The van der Waals surface area contributed by atoms with Gasteiger partial charge in [0.05, 0.1) is 6.04 Å². The lowest BCUT2D eigenvalue weighted by Crippen LogP contribution is -2.48. The summed E-state index contributed by atoms with van der Waals surface area (Å²) in [6.45, 7) is 7.59. The van der Waals surface area contributed by atoms with Gasteiger partial charge in [-0.2, -0.15) is 0 Å². The number of urea groups is 1. The van der Waals surface area contributed by atoms with Crippen LogP contribution in [-0.4, -0.2) is 83.1 Å². The van der Waals surface area contributed by atoms with Crippen molar-refractivity contribution in [1.82, 2.24) is 25.0 Å². The number of benzene rings is 2. The van der Waals surface area contributed by atoms with Crippen LogP contribution in [0.2, 0.25) is 0 Å². The smallest absolute Gasteiger partial charge is 0.321 e. The number of carbonyl (C=O) groups excluding carboxylic acids is 2. The van der Waals surface area contributed by atoms with Gasteiger partial charge in [0.15, 0.2) is 0 Å². The first-order chi connectivity index (χ1) is 21.6. The van der Waals surface area contributed by atoms with Crippen molar-refractivity contribution >= 4 is 11.9 Å². The maximum absolute atomic E-state index is 13.9. The number of ether oxygens (including phenoxy) is 2. The highest BCUT2D eigenvalue weighted by Gasteiger charge is 2.45. The quantitative estimate of drug-likeness (QED) is 0.326. The predicted molar refractivity (Wildman–Crippen MR) is 169 cm³/mol. The lowest BCUT2D eigenvalue weighted by molar-refractivity contribution is 0.0493. The molecule has 3 fully saturated rings. The Kier molecular flexibility index (Phi) is 9.73. The minimum atomic E-state index is -0.0788. The molecule has 4 heterocycles. The standard InChI is InChI=1S/C35H43N5O4/c1-2-18-36-34(41)28-9-11-31(12-10-28)44-33-13-8-26(23-37-33)24-38-19-14-30(15-20-38)40-32(27-6-4-3-5-7-27)25-39(35(40)42)29-16-21-43-22-17-29/h3-13,23,29-30,32H,2,14-22,24-25H2,1H3,(H,36,41)/t32-/m0/s1. The highest BCUT2D eigenvalue weighted by Crippen LogP contribution is 2.37. The van der Waals surface area contributed by atoms with E-state index in [1.165, 1.54) is 5.56 Å².